The lowest BCUT2D eigenvalue weighted by molar-refractivity contribution is -0.203. The fraction of sp³-hybridized carbons (Fsp3) is 0.875. The van der Waals surface area contributed by atoms with Crippen molar-refractivity contribution in [2.24, 2.45) is 16.7 Å². The molecule has 3 atom stereocenters. The van der Waals surface area contributed by atoms with Gasteiger partial charge in [-0.2, -0.15) is 13.2 Å². The van der Waals surface area contributed by atoms with Gasteiger partial charge in [-0.25, -0.2) is 8.78 Å². The summed E-state index contributed by atoms with van der Waals surface area (Å²) in [6, 6.07) is 0. The molecule has 0 aromatic carbocycles. The van der Waals surface area contributed by atoms with Gasteiger partial charge >= 0.3 is 12.1 Å². The van der Waals surface area contributed by atoms with Gasteiger partial charge in [0.05, 0.1) is 16.7 Å². The molecule has 88 valence electrons. The second-order valence-corrected chi connectivity index (χ2v) is 4.05. The monoisotopic (exact) mass is 232 g/mol. The van der Waals surface area contributed by atoms with Gasteiger partial charge in [-0.15, -0.1) is 0 Å². The van der Waals surface area contributed by atoms with Crippen LogP contribution in [-0.2, 0) is 4.79 Å². The van der Waals surface area contributed by atoms with Crippen LogP contribution in [0.2, 0.25) is 0 Å². The Morgan fingerprint density at radius 1 is 1.33 bits per heavy atom. The van der Waals surface area contributed by atoms with Gasteiger partial charge in [0.2, 0.25) is 6.43 Å². The lowest BCUT2D eigenvalue weighted by Crippen LogP contribution is -2.30. The van der Waals surface area contributed by atoms with Gasteiger partial charge < -0.3 is 5.11 Å². The maximum Gasteiger partial charge on any atom is 0.395 e. The molecule has 0 saturated heterocycles. The topological polar surface area (TPSA) is 37.3 Å². The van der Waals surface area contributed by atoms with E-state index in [2.05, 4.69) is 0 Å². The molecular weight excluding hydrogens is 223 g/mol. The van der Waals surface area contributed by atoms with E-state index >= 15 is 0 Å². The van der Waals surface area contributed by atoms with E-state index in [-0.39, 0.29) is 0 Å². The molecule has 1 N–H and O–H groups in total. The molecule has 1 aliphatic rings. The summed E-state index contributed by atoms with van der Waals surface area (Å²) in [7, 11) is 0. The van der Waals surface area contributed by atoms with Gasteiger partial charge in [-0.1, -0.05) is 6.92 Å². The van der Waals surface area contributed by atoms with Crippen molar-refractivity contribution < 1.29 is 31.9 Å². The zero-order chi connectivity index (χ0) is 12.2. The highest BCUT2D eigenvalue weighted by atomic mass is 19.4. The fourth-order valence-electron chi connectivity index (χ4n) is 2.15. The van der Waals surface area contributed by atoms with Crippen molar-refractivity contribution in [2.75, 3.05) is 0 Å². The van der Waals surface area contributed by atoms with Crippen molar-refractivity contribution in [3.63, 3.8) is 0 Å². The summed E-state index contributed by atoms with van der Waals surface area (Å²) in [5.41, 5.74) is -5.38. The van der Waals surface area contributed by atoms with Crippen LogP contribution in [0.4, 0.5) is 22.0 Å². The summed E-state index contributed by atoms with van der Waals surface area (Å²) in [6.45, 7) is 1.18. The Morgan fingerprint density at radius 2 is 1.73 bits per heavy atom. The van der Waals surface area contributed by atoms with Crippen LogP contribution in [0.15, 0.2) is 0 Å². The summed E-state index contributed by atoms with van der Waals surface area (Å²) >= 11 is 0. The average Bonchev–Trinajstić information content (AvgIpc) is 2.51. The molecule has 0 radical (unpaired) electrons. The van der Waals surface area contributed by atoms with Crippen molar-refractivity contribution in [1.29, 1.82) is 0 Å². The first-order valence-electron chi connectivity index (χ1n) is 4.09. The molecule has 0 bridgehead atoms. The number of hydrogen-bond acceptors (Lipinski definition) is 1. The van der Waals surface area contributed by atoms with Crippen molar-refractivity contribution in [1.82, 2.24) is 0 Å². The van der Waals surface area contributed by atoms with E-state index in [0.717, 1.165) is 0 Å². The number of halogens is 5. The van der Waals surface area contributed by atoms with Gasteiger partial charge in [-0.05, 0) is 6.92 Å². The zero-order valence-corrected chi connectivity index (χ0v) is 7.90. The van der Waals surface area contributed by atoms with Crippen molar-refractivity contribution in [2.45, 2.75) is 26.4 Å². The Balaban J connectivity index is 3.18. The molecule has 7 heteroatoms. The summed E-state index contributed by atoms with van der Waals surface area (Å²) < 4.78 is 62.4. The molecule has 1 saturated carbocycles. The van der Waals surface area contributed by atoms with Crippen LogP contribution >= 0.6 is 0 Å². The Morgan fingerprint density at radius 3 is 1.80 bits per heavy atom. The van der Waals surface area contributed by atoms with E-state index in [4.69, 9.17) is 5.11 Å². The average molecular weight is 232 g/mol. The molecule has 0 spiro atoms. The van der Waals surface area contributed by atoms with Crippen LogP contribution in [-0.4, -0.2) is 23.7 Å². The minimum atomic E-state index is -4.94. The normalized spacial score (nSPS) is 40.7. The first-order valence-corrected chi connectivity index (χ1v) is 4.09. The van der Waals surface area contributed by atoms with Gasteiger partial charge in [0.25, 0.3) is 0 Å². The van der Waals surface area contributed by atoms with E-state index < -0.39 is 35.3 Å². The van der Waals surface area contributed by atoms with Crippen molar-refractivity contribution in [3.05, 3.63) is 0 Å². The number of carbonyl (C=O) groups is 1. The molecule has 15 heavy (non-hydrogen) atoms. The van der Waals surface area contributed by atoms with Crippen molar-refractivity contribution in [3.8, 4) is 0 Å². The highest BCUT2D eigenvalue weighted by Gasteiger charge is 2.88. The van der Waals surface area contributed by atoms with Crippen LogP contribution in [0.5, 0.6) is 0 Å². The molecule has 0 heterocycles. The van der Waals surface area contributed by atoms with E-state index in [9.17, 15) is 26.7 Å². The molecule has 1 aliphatic carbocycles. The smallest absolute Gasteiger partial charge is 0.395 e. The van der Waals surface area contributed by atoms with E-state index in [0.29, 0.717) is 13.8 Å². The molecule has 0 aromatic rings. The fourth-order valence-corrected chi connectivity index (χ4v) is 2.15. The second-order valence-electron chi connectivity index (χ2n) is 4.05. The molecule has 3 unspecified atom stereocenters. The third-order valence-corrected chi connectivity index (χ3v) is 3.50. The predicted octanol–water partition coefficient (Wildman–Crippen LogP) is 2.54. The lowest BCUT2D eigenvalue weighted by atomic mass is 9.96. The summed E-state index contributed by atoms with van der Waals surface area (Å²) in [4.78, 5) is 10.5. The number of aliphatic carboxylic acids is 1. The number of alkyl halides is 5. The third-order valence-electron chi connectivity index (χ3n) is 3.50. The van der Waals surface area contributed by atoms with E-state index in [1.807, 2.05) is 0 Å². The van der Waals surface area contributed by atoms with Gasteiger partial charge in [0.1, 0.15) is 0 Å². The summed E-state index contributed by atoms with van der Waals surface area (Å²) in [5.74, 6) is -3.91. The largest absolute Gasteiger partial charge is 0.481 e. The molecule has 0 aromatic heterocycles. The number of hydrogen-bond donors (Lipinski definition) is 1. The zero-order valence-electron chi connectivity index (χ0n) is 7.90. The van der Waals surface area contributed by atoms with Crippen LogP contribution in [0.25, 0.3) is 0 Å². The lowest BCUT2D eigenvalue weighted by Gasteiger charge is -2.20. The Hall–Kier alpha value is -0.880. The van der Waals surface area contributed by atoms with Crippen LogP contribution in [0.3, 0.4) is 0 Å². The molecule has 1 rings (SSSR count). The first-order chi connectivity index (χ1) is 6.51. The quantitative estimate of drug-likeness (QED) is 0.743. The van der Waals surface area contributed by atoms with E-state index in [1.165, 1.54) is 0 Å². The second kappa shape index (κ2) is 2.82. The molecule has 0 aliphatic heterocycles. The minimum absolute atomic E-state index is 0.526. The number of carboxylic acids is 1. The maximum atomic E-state index is 12.5. The predicted molar refractivity (Wildman–Crippen MR) is 39.4 cm³/mol. The highest BCUT2D eigenvalue weighted by molar-refractivity contribution is 5.77. The standard InChI is InChI=1S/C8H9F5O2/c1-6(5(9)10)3(4(14)15)7(6,2)8(11,12)13/h3,5H,1-2H3,(H,14,15). The first kappa shape index (κ1) is 12.2. The maximum absolute atomic E-state index is 12.5. The minimum Gasteiger partial charge on any atom is -0.481 e. The summed E-state index contributed by atoms with van der Waals surface area (Å²) in [6.07, 6.45) is -8.26. The van der Waals surface area contributed by atoms with Crippen LogP contribution in [0, 0.1) is 16.7 Å². The Labute approximate surface area is 82.1 Å². The summed E-state index contributed by atoms with van der Waals surface area (Å²) in [5, 5.41) is 8.50. The van der Waals surface area contributed by atoms with Crippen LogP contribution < -0.4 is 0 Å². The SMILES string of the molecule is CC1(C(F)F)C(C(=O)O)C1(C)C(F)(F)F. The van der Waals surface area contributed by atoms with Gasteiger partial charge in [-0.3, -0.25) is 4.79 Å². The third kappa shape index (κ3) is 1.18. The number of rotatable bonds is 2. The Bertz CT molecular complexity index is 300. The van der Waals surface area contributed by atoms with Crippen LogP contribution in [0.1, 0.15) is 13.8 Å². The molecule has 0 amide bonds. The highest BCUT2D eigenvalue weighted by Crippen LogP contribution is 2.77. The molecule has 2 nitrogen and oxygen atoms in total. The van der Waals surface area contributed by atoms with Crippen molar-refractivity contribution >= 4 is 5.97 Å². The number of carboxylic acid groups (broad SMARTS) is 1. The molecular formula is C8H9F5O2. The Kier molecular flexibility index (Phi) is 2.30. The van der Waals surface area contributed by atoms with Gasteiger partial charge in [0, 0.05) is 0 Å². The van der Waals surface area contributed by atoms with E-state index in [1.54, 1.807) is 0 Å². The molecule has 1 fully saturated rings. The van der Waals surface area contributed by atoms with Gasteiger partial charge in [0.15, 0.2) is 0 Å².